The Morgan fingerprint density at radius 3 is 2.60 bits per heavy atom. The summed E-state index contributed by atoms with van der Waals surface area (Å²) in [6.07, 6.45) is 3.30. The SMILES string of the molecule is CCN1CCC(N(C)S(=O)(=O)c2c[nH]c(CN)c2)CC1. The van der Waals surface area contributed by atoms with Gasteiger partial charge >= 0.3 is 0 Å². The smallest absolute Gasteiger partial charge is 0.244 e. The van der Waals surface area contributed by atoms with Crippen molar-refractivity contribution in [3.05, 3.63) is 18.0 Å². The van der Waals surface area contributed by atoms with Crippen molar-refractivity contribution in [2.45, 2.75) is 37.2 Å². The molecule has 0 aliphatic carbocycles. The van der Waals surface area contributed by atoms with E-state index in [0.29, 0.717) is 11.4 Å². The quantitative estimate of drug-likeness (QED) is 0.833. The predicted octanol–water partition coefficient (Wildman–Crippen LogP) is 0.578. The molecular formula is C13H24N4O2S. The molecule has 114 valence electrons. The molecule has 1 aliphatic heterocycles. The third kappa shape index (κ3) is 3.06. The maximum absolute atomic E-state index is 12.6. The molecule has 7 heteroatoms. The van der Waals surface area contributed by atoms with Gasteiger partial charge in [-0.15, -0.1) is 0 Å². The summed E-state index contributed by atoms with van der Waals surface area (Å²) < 4.78 is 26.6. The largest absolute Gasteiger partial charge is 0.363 e. The molecule has 0 amide bonds. The van der Waals surface area contributed by atoms with E-state index in [1.165, 1.54) is 10.5 Å². The molecule has 1 aliphatic rings. The van der Waals surface area contributed by atoms with E-state index in [9.17, 15) is 8.42 Å². The van der Waals surface area contributed by atoms with Gasteiger partial charge in [-0.3, -0.25) is 0 Å². The zero-order valence-electron chi connectivity index (χ0n) is 12.2. The maximum atomic E-state index is 12.6. The molecule has 1 fully saturated rings. The van der Waals surface area contributed by atoms with Crippen LogP contribution in [-0.2, 0) is 16.6 Å². The number of hydrogen-bond acceptors (Lipinski definition) is 4. The molecule has 1 aromatic heterocycles. The highest BCUT2D eigenvalue weighted by molar-refractivity contribution is 7.89. The first-order chi connectivity index (χ1) is 9.48. The number of aromatic nitrogens is 1. The molecule has 1 aromatic rings. The highest BCUT2D eigenvalue weighted by atomic mass is 32.2. The number of likely N-dealkylation sites (tertiary alicyclic amines) is 1. The van der Waals surface area contributed by atoms with Gasteiger partial charge in [-0.25, -0.2) is 8.42 Å². The standard InChI is InChI=1S/C13H24N4O2S/c1-3-17-6-4-12(5-7-17)16(2)20(18,19)13-8-11(9-14)15-10-13/h8,10,12,15H,3-7,9,14H2,1-2H3. The third-order valence-electron chi connectivity index (χ3n) is 4.13. The summed E-state index contributed by atoms with van der Waals surface area (Å²) in [6.45, 7) is 5.40. The highest BCUT2D eigenvalue weighted by Gasteiger charge is 2.31. The number of aromatic amines is 1. The Morgan fingerprint density at radius 1 is 1.45 bits per heavy atom. The van der Waals surface area contributed by atoms with Crippen molar-refractivity contribution in [2.75, 3.05) is 26.7 Å². The molecule has 2 heterocycles. The molecule has 3 N–H and O–H groups in total. The number of hydrogen-bond donors (Lipinski definition) is 2. The Morgan fingerprint density at radius 2 is 2.10 bits per heavy atom. The van der Waals surface area contributed by atoms with Gasteiger partial charge in [-0.05, 0) is 38.5 Å². The Bertz CT molecular complexity index is 532. The van der Waals surface area contributed by atoms with Crippen LogP contribution < -0.4 is 5.73 Å². The van der Waals surface area contributed by atoms with Crippen molar-refractivity contribution < 1.29 is 8.42 Å². The third-order valence-corrected chi connectivity index (χ3v) is 6.02. The van der Waals surface area contributed by atoms with E-state index in [0.717, 1.165) is 38.2 Å². The van der Waals surface area contributed by atoms with Crippen molar-refractivity contribution in [1.82, 2.24) is 14.2 Å². The van der Waals surface area contributed by atoms with Crippen molar-refractivity contribution in [2.24, 2.45) is 5.73 Å². The van der Waals surface area contributed by atoms with Crippen LogP contribution >= 0.6 is 0 Å². The van der Waals surface area contributed by atoms with E-state index in [-0.39, 0.29) is 6.04 Å². The van der Waals surface area contributed by atoms with Crippen LogP contribution in [0, 0.1) is 0 Å². The minimum Gasteiger partial charge on any atom is -0.363 e. The summed E-state index contributed by atoms with van der Waals surface area (Å²) in [7, 11) is -1.75. The second-order valence-corrected chi connectivity index (χ2v) is 7.25. The van der Waals surface area contributed by atoms with Crippen LogP contribution in [0.15, 0.2) is 17.2 Å². The molecule has 6 nitrogen and oxygen atoms in total. The van der Waals surface area contributed by atoms with Crippen molar-refractivity contribution in [1.29, 1.82) is 0 Å². The minimum absolute atomic E-state index is 0.0824. The van der Waals surface area contributed by atoms with Crippen molar-refractivity contribution >= 4 is 10.0 Å². The van der Waals surface area contributed by atoms with Crippen LogP contribution in [-0.4, -0.2) is 55.3 Å². The molecule has 0 unspecified atom stereocenters. The molecule has 0 aromatic carbocycles. The molecule has 0 atom stereocenters. The van der Waals surface area contributed by atoms with E-state index >= 15 is 0 Å². The summed E-state index contributed by atoms with van der Waals surface area (Å²) >= 11 is 0. The average Bonchev–Trinajstić information content (AvgIpc) is 2.96. The van der Waals surface area contributed by atoms with E-state index in [1.54, 1.807) is 13.1 Å². The van der Waals surface area contributed by atoms with E-state index in [2.05, 4.69) is 16.8 Å². The Labute approximate surface area is 121 Å². The Balaban J connectivity index is 2.09. The molecule has 2 rings (SSSR count). The maximum Gasteiger partial charge on any atom is 0.244 e. The van der Waals surface area contributed by atoms with Crippen LogP contribution in [0.4, 0.5) is 0 Å². The highest BCUT2D eigenvalue weighted by Crippen LogP contribution is 2.23. The Hall–Kier alpha value is -0.890. The number of nitrogens with zero attached hydrogens (tertiary/aromatic N) is 2. The fraction of sp³-hybridized carbons (Fsp3) is 0.692. The summed E-state index contributed by atoms with van der Waals surface area (Å²) in [5.41, 5.74) is 6.24. The first kappa shape index (κ1) is 15.5. The average molecular weight is 300 g/mol. The normalized spacial score (nSPS) is 18.8. The fourth-order valence-corrected chi connectivity index (χ4v) is 4.08. The van der Waals surface area contributed by atoms with Crippen molar-refractivity contribution in [3.63, 3.8) is 0 Å². The first-order valence-electron chi connectivity index (χ1n) is 7.06. The number of nitrogens with one attached hydrogen (secondary N) is 1. The molecule has 0 bridgehead atoms. The number of H-pyrrole nitrogens is 1. The summed E-state index contributed by atoms with van der Waals surface area (Å²) in [5.74, 6) is 0. The summed E-state index contributed by atoms with van der Waals surface area (Å²) in [5, 5.41) is 0. The Kier molecular flexibility index (Phi) is 4.85. The van der Waals surface area contributed by atoms with Crippen LogP contribution in [0.1, 0.15) is 25.5 Å². The van der Waals surface area contributed by atoms with Gasteiger partial charge in [0.15, 0.2) is 0 Å². The van der Waals surface area contributed by atoms with Crippen LogP contribution in [0.5, 0.6) is 0 Å². The van der Waals surface area contributed by atoms with Gasteiger partial charge in [0.25, 0.3) is 0 Å². The van der Waals surface area contributed by atoms with E-state index < -0.39 is 10.0 Å². The molecule has 1 saturated heterocycles. The number of nitrogens with two attached hydrogens (primary N) is 1. The second kappa shape index (κ2) is 6.26. The van der Waals surface area contributed by atoms with Gasteiger partial charge in [0.05, 0.1) is 4.90 Å². The lowest BCUT2D eigenvalue weighted by Gasteiger charge is -2.35. The van der Waals surface area contributed by atoms with Gasteiger partial charge in [-0.2, -0.15) is 4.31 Å². The first-order valence-corrected chi connectivity index (χ1v) is 8.50. The lowest BCUT2D eigenvalue weighted by Crippen LogP contribution is -2.45. The van der Waals surface area contributed by atoms with Crippen LogP contribution in [0.25, 0.3) is 0 Å². The van der Waals surface area contributed by atoms with Gasteiger partial charge in [0.1, 0.15) is 0 Å². The lowest BCUT2D eigenvalue weighted by atomic mass is 10.1. The number of rotatable bonds is 5. The zero-order valence-corrected chi connectivity index (χ0v) is 13.0. The molecule has 0 spiro atoms. The fourth-order valence-electron chi connectivity index (χ4n) is 2.65. The van der Waals surface area contributed by atoms with E-state index in [1.807, 2.05) is 0 Å². The zero-order chi connectivity index (χ0) is 14.8. The van der Waals surface area contributed by atoms with Crippen LogP contribution in [0.2, 0.25) is 0 Å². The van der Waals surface area contributed by atoms with Crippen LogP contribution in [0.3, 0.4) is 0 Å². The molecule has 0 saturated carbocycles. The predicted molar refractivity (Wildman–Crippen MR) is 78.8 cm³/mol. The summed E-state index contributed by atoms with van der Waals surface area (Å²) in [4.78, 5) is 5.55. The second-order valence-electron chi connectivity index (χ2n) is 5.25. The number of sulfonamides is 1. The molecule has 0 radical (unpaired) electrons. The van der Waals surface area contributed by atoms with Gasteiger partial charge in [-0.1, -0.05) is 6.92 Å². The lowest BCUT2D eigenvalue weighted by molar-refractivity contribution is 0.176. The van der Waals surface area contributed by atoms with Crippen molar-refractivity contribution in [3.8, 4) is 0 Å². The van der Waals surface area contributed by atoms with Gasteiger partial charge < -0.3 is 15.6 Å². The minimum atomic E-state index is -3.42. The topological polar surface area (TPSA) is 82.4 Å². The summed E-state index contributed by atoms with van der Waals surface area (Å²) in [6, 6.07) is 1.70. The van der Waals surface area contributed by atoms with Gasteiger partial charge in [0, 0.05) is 31.5 Å². The number of piperidine rings is 1. The molecule has 20 heavy (non-hydrogen) atoms. The van der Waals surface area contributed by atoms with Gasteiger partial charge in [0.2, 0.25) is 10.0 Å². The van der Waals surface area contributed by atoms with E-state index in [4.69, 9.17) is 5.73 Å². The molecular weight excluding hydrogens is 276 g/mol. The monoisotopic (exact) mass is 300 g/mol.